The van der Waals surface area contributed by atoms with Gasteiger partial charge in [0.25, 0.3) is 5.91 Å². The molecule has 40 heavy (non-hydrogen) atoms. The highest BCUT2D eigenvalue weighted by Crippen LogP contribution is 2.41. The number of aromatic nitrogens is 3. The topological polar surface area (TPSA) is 131 Å². The Bertz CT molecular complexity index is 1710. The van der Waals surface area contributed by atoms with Crippen LogP contribution in [0.15, 0.2) is 67.0 Å². The van der Waals surface area contributed by atoms with Crippen molar-refractivity contribution in [3.05, 3.63) is 94.8 Å². The van der Waals surface area contributed by atoms with Gasteiger partial charge in [0, 0.05) is 19.3 Å². The van der Waals surface area contributed by atoms with Crippen molar-refractivity contribution in [1.82, 2.24) is 19.5 Å². The molecule has 206 valence electrons. The molecule has 2 aromatic heterocycles. The Hall–Kier alpha value is -4.09. The van der Waals surface area contributed by atoms with Crippen molar-refractivity contribution in [2.45, 2.75) is 44.6 Å². The van der Waals surface area contributed by atoms with Crippen LogP contribution in [-0.4, -0.2) is 52.7 Å². The van der Waals surface area contributed by atoms with Gasteiger partial charge in [-0.15, -0.1) is 0 Å². The predicted molar refractivity (Wildman–Crippen MR) is 150 cm³/mol. The van der Waals surface area contributed by atoms with E-state index in [1.165, 1.54) is 29.4 Å². The van der Waals surface area contributed by atoms with Crippen LogP contribution in [-0.2, 0) is 16.6 Å². The maximum atomic E-state index is 14.1. The highest BCUT2D eigenvalue weighted by molar-refractivity contribution is 7.90. The number of fused-ring (bicyclic) bond motifs is 2. The van der Waals surface area contributed by atoms with Crippen LogP contribution in [0.5, 0.6) is 0 Å². The van der Waals surface area contributed by atoms with Crippen LogP contribution in [0.25, 0.3) is 5.65 Å². The number of nitrogens with zero attached hydrogens (tertiary/aromatic N) is 5. The van der Waals surface area contributed by atoms with Gasteiger partial charge in [-0.2, -0.15) is 18.0 Å². The second kappa shape index (κ2) is 10.1. The summed E-state index contributed by atoms with van der Waals surface area (Å²) in [6, 6.07) is 17.2. The van der Waals surface area contributed by atoms with Gasteiger partial charge in [-0.05, 0) is 55.2 Å². The number of rotatable bonds is 6. The first-order chi connectivity index (χ1) is 19.2. The molecule has 1 amide bonds. The Balaban J connectivity index is 1.45. The number of anilines is 1. The van der Waals surface area contributed by atoms with Gasteiger partial charge < -0.3 is 4.90 Å². The van der Waals surface area contributed by atoms with E-state index in [0.717, 1.165) is 28.3 Å². The second-order valence-electron chi connectivity index (χ2n) is 10.4. The van der Waals surface area contributed by atoms with Crippen LogP contribution in [0.3, 0.4) is 0 Å². The van der Waals surface area contributed by atoms with Crippen LogP contribution in [0.1, 0.15) is 75.6 Å². The molecule has 11 heteroatoms. The van der Waals surface area contributed by atoms with Crippen molar-refractivity contribution < 1.29 is 18.0 Å². The van der Waals surface area contributed by atoms with Crippen LogP contribution in [0.2, 0.25) is 0 Å². The molecule has 1 aliphatic carbocycles. The van der Waals surface area contributed by atoms with Crippen LogP contribution in [0.4, 0.5) is 5.82 Å². The lowest BCUT2D eigenvalue weighted by Crippen LogP contribution is -2.43. The molecule has 1 atom stereocenters. The van der Waals surface area contributed by atoms with Crippen molar-refractivity contribution in [2.24, 2.45) is 5.14 Å². The molecule has 1 unspecified atom stereocenters. The molecule has 0 spiro atoms. The highest BCUT2D eigenvalue weighted by atomic mass is 32.2. The summed E-state index contributed by atoms with van der Waals surface area (Å²) in [5.74, 6) is -0.290. The fourth-order valence-corrected chi connectivity index (χ4v) is 7.06. The number of nitrogens with two attached hydrogens (primary N) is 1. The molecule has 2 N–H and O–H groups in total. The number of benzene rings is 2. The van der Waals surface area contributed by atoms with Gasteiger partial charge in [-0.1, -0.05) is 54.6 Å². The minimum atomic E-state index is -4.39. The number of hydrogen-bond donors (Lipinski definition) is 1. The monoisotopic (exact) mass is 558 g/mol. The van der Waals surface area contributed by atoms with Crippen LogP contribution in [0, 0.1) is 0 Å². The Morgan fingerprint density at radius 3 is 2.35 bits per heavy atom. The van der Waals surface area contributed by atoms with Gasteiger partial charge >= 0.3 is 10.2 Å². The largest absolute Gasteiger partial charge is 0.338 e. The zero-order valence-corrected chi connectivity index (χ0v) is 22.9. The summed E-state index contributed by atoms with van der Waals surface area (Å²) >= 11 is 0. The number of aryl methyl sites for hydroxylation is 1. The molecule has 1 aliphatic heterocycles. The zero-order chi connectivity index (χ0) is 28.0. The van der Waals surface area contributed by atoms with E-state index >= 15 is 0 Å². The molecule has 1 saturated heterocycles. The maximum Gasteiger partial charge on any atom is 0.300 e. The quantitative estimate of drug-likeness (QED) is 0.360. The lowest BCUT2D eigenvalue weighted by atomic mass is 9.89. The fourth-order valence-electron chi connectivity index (χ4n) is 6.07. The average Bonchev–Trinajstić information content (AvgIpc) is 3.58. The molecule has 10 nitrogen and oxygen atoms in total. The minimum absolute atomic E-state index is 0.00288. The van der Waals surface area contributed by atoms with Gasteiger partial charge in [-0.25, -0.2) is 14.4 Å². The third-order valence-electron chi connectivity index (χ3n) is 8.03. The summed E-state index contributed by atoms with van der Waals surface area (Å²) in [6.45, 7) is 2.41. The van der Waals surface area contributed by atoms with E-state index in [4.69, 9.17) is 5.14 Å². The van der Waals surface area contributed by atoms with Crippen molar-refractivity contribution in [1.29, 1.82) is 0 Å². The Morgan fingerprint density at radius 1 is 0.950 bits per heavy atom. The summed E-state index contributed by atoms with van der Waals surface area (Å²) in [7, 11) is -4.39. The molecular weight excluding hydrogens is 528 g/mol. The third kappa shape index (κ3) is 4.54. The molecule has 0 saturated carbocycles. The Morgan fingerprint density at radius 2 is 1.65 bits per heavy atom. The molecule has 0 radical (unpaired) electrons. The number of ketones is 1. The lowest BCUT2D eigenvalue weighted by Gasteiger charge is -2.34. The molecular formula is C29H30N6O4S. The van der Waals surface area contributed by atoms with E-state index < -0.39 is 16.3 Å². The second-order valence-corrected chi connectivity index (χ2v) is 11.8. The molecule has 4 aromatic rings. The first-order valence-corrected chi connectivity index (χ1v) is 14.9. The summed E-state index contributed by atoms with van der Waals surface area (Å²) in [6.07, 6.45) is 5.41. The smallest absolute Gasteiger partial charge is 0.300 e. The van der Waals surface area contributed by atoms with E-state index in [2.05, 4.69) is 22.2 Å². The average molecular weight is 559 g/mol. The van der Waals surface area contributed by atoms with Crippen molar-refractivity contribution in [3.8, 4) is 0 Å². The standard InChI is InChI=1S/C29H30N6O4S/c1-19(36)24-18-32-34-27(24)31-17-25(29(37)33-15-13-21(14-16-33)20-7-3-2-4-8-20)28(34)35(40(30,38)39)26-12-11-22-9-5-6-10-23(22)26/h2-10,17-18,21,26H,11-16H2,1H3,(H2,30,38,39). The molecule has 2 aromatic carbocycles. The van der Waals surface area contributed by atoms with Crippen molar-refractivity contribution in [2.75, 3.05) is 17.4 Å². The lowest BCUT2D eigenvalue weighted by molar-refractivity contribution is 0.0712. The Labute approximate surface area is 232 Å². The first-order valence-electron chi connectivity index (χ1n) is 13.4. The Kier molecular flexibility index (Phi) is 6.63. The van der Waals surface area contributed by atoms with Gasteiger partial charge in [0.2, 0.25) is 0 Å². The summed E-state index contributed by atoms with van der Waals surface area (Å²) in [5.41, 5.74) is 3.55. The van der Waals surface area contributed by atoms with Crippen LogP contribution >= 0.6 is 0 Å². The zero-order valence-electron chi connectivity index (χ0n) is 22.1. The normalized spacial score (nSPS) is 17.6. The summed E-state index contributed by atoms with van der Waals surface area (Å²) in [5, 5.41) is 10.2. The first kappa shape index (κ1) is 26.1. The molecule has 3 heterocycles. The van der Waals surface area contributed by atoms with Crippen molar-refractivity contribution in [3.63, 3.8) is 0 Å². The van der Waals surface area contributed by atoms with Crippen molar-refractivity contribution >= 4 is 33.4 Å². The van der Waals surface area contributed by atoms with Gasteiger partial charge in [0.05, 0.1) is 17.8 Å². The molecule has 1 fully saturated rings. The van der Waals surface area contributed by atoms with E-state index in [-0.39, 0.29) is 34.3 Å². The summed E-state index contributed by atoms with van der Waals surface area (Å²) < 4.78 is 29.0. The van der Waals surface area contributed by atoms with E-state index in [9.17, 15) is 18.0 Å². The number of Topliss-reactive ketones (excluding diaryl/α,β-unsaturated/α-hetero) is 1. The van der Waals surface area contributed by atoms with Crippen LogP contribution < -0.4 is 9.44 Å². The van der Waals surface area contributed by atoms with Gasteiger partial charge in [0.1, 0.15) is 5.56 Å². The number of carbonyl (C=O) groups excluding carboxylic acids is 2. The number of carbonyl (C=O) groups is 2. The summed E-state index contributed by atoms with van der Waals surface area (Å²) in [4.78, 5) is 32.5. The number of piperidine rings is 1. The van der Waals surface area contributed by atoms with Gasteiger partial charge in [-0.3, -0.25) is 9.59 Å². The maximum absolute atomic E-state index is 14.1. The molecule has 2 aliphatic rings. The number of hydrogen-bond acceptors (Lipinski definition) is 6. The molecule has 0 bridgehead atoms. The number of amides is 1. The van der Waals surface area contributed by atoms with E-state index in [1.807, 2.05) is 42.5 Å². The minimum Gasteiger partial charge on any atom is -0.338 e. The van der Waals surface area contributed by atoms with E-state index in [1.54, 1.807) is 4.90 Å². The van der Waals surface area contributed by atoms with E-state index in [0.29, 0.717) is 31.8 Å². The number of likely N-dealkylation sites (tertiary alicyclic amines) is 1. The fraction of sp³-hybridized carbons (Fsp3) is 0.310. The van der Waals surface area contributed by atoms with Gasteiger partial charge in [0.15, 0.2) is 17.2 Å². The molecule has 6 rings (SSSR count). The highest BCUT2D eigenvalue weighted by Gasteiger charge is 2.39. The SMILES string of the molecule is CC(=O)c1cnn2c(N(C3CCc4ccccc43)S(N)(=O)=O)c(C(=O)N3CCC(c4ccccc4)CC3)cnc12. The third-order valence-corrected chi connectivity index (χ3v) is 9.01. The predicted octanol–water partition coefficient (Wildman–Crippen LogP) is 3.65.